The minimum absolute atomic E-state index is 0.120. The van der Waals surface area contributed by atoms with E-state index in [2.05, 4.69) is 14.4 Å². The van der Waals surface area contributed by atoms with Crippen LogP contribution in [-0.2, 0) is 42.9 Å². The zero-order valence-corrected chi connectivity index (χ0v) is 23.2. The van der Waals surface area contributed by atoms with Crippen molar-refractivity contribution in [2.75, 3.05) is 45.6 Å². The summed E-state index contributed by atoms with van der Waals surface area (Å²) in [5, 5.41) is -1.62. The molecule has 1 heterocycles. The number of ketones is 1. The van der Waals surface area contributed by atoms with Gasteiger partial charge in [0.25, 0.3) is 0 Å². The van der Waals surface area contributed by atoms with Gasteiger partial charge in [-0.2, -0.15) is 0 Å². The van der Waals surface area contributed by atoms with Gasteiger partial charge >= 0.3 is 28.5 Å². The average molecular weight is 566 g/mol. The van der Waals surface area contributed by atoms with Crippen molar-refractivity contribution in [3.8, 4) is 0 Å². The molecule has 0 N–H and O–H groups in total. The Morgan fingerprint density at radius 3 is 1.95 bits per heavy atom. The van der Waals surface area contributed by atoms with Crippen LogP contribution in [0, 0.1) is 5.92 Å². The Bertz CT molecular complexity index is 813. The smallest absolute Gasteiger partial charge is 0.371 e. The maximum atomic E-state index is 13.0. The summed E-state index contributed by atoms with van der Waals surface area (Å²) in [6, 6.07) is 0. The first-order valence-electron chi connectivity index (χ1n) is 11.7. The summed E-state index contributed by atoms with van der Waals surface area (Å²) >= 11 is 1.23. The molecular weight excluding hydrogens is 530 g/mol. The second-order valence-electron chi connectivity index (χ2n) is 8.61. The van der Waals surface area contributed by atoms with Crippen molar-refractivity contribution in [2.45, 2.75) is 58.1 Å². The lowest BCUT2D eigenvalue weighted by Crippen LogP contribution is -2.36. The van der Waals surface area contributed by atoms with Gasteiger partial charge < -0.3 is 23.7 Å². The van der Waals surface area contributed by atoms with Crippen molar-refractivity contribution in [3.63, 3.8) is 0 Å². The van der Waals surface area contributed by atoms with Gasteiger partial charge in [-0.1, -0.05) is 6.42 Å². The number of hydrogen-bond acceptors (Lipinski definition) is 14. The van der Waals surface area contributed by atoms with Crippen LogP contribution in [0.3, 0.4) is 0 Å². The number of ether oxygens (including phenoxy) is 5. The molecule has 0 radical (unpaired) electrons. The number of carbonyl (C=O) groups is 6. The first-order chi connectivity index (χ1) is 17.4. The number of piperidine rings is 1. The molecule has 1 aliphatic rings. The van der Waals surface area contributed by atoms with Gasteiger partial charge in [-0.05, 0) is 63.3 Å². The second kappa shape index (κ2) is 17.2. The minimum atomic E-state index is -1.28. The number of hydrogen-bond donors (Lipinski definition) is 0. The fraction of sp³-hybridized carbons (Fsp3) is 0.739. The molecule has 0 unspecified atom stereocenters. The zero-order chi connectivity index (χ0) is 27.8. The van der Waals surface area contributed by atoms with Crippen LogP contribution in [0.2, 0.25) is 0 Å². The first-order valence-corrected chi connectivity index (χ1v) is 13.5. The minimum Gasteiger partial charge on any atom is -0.464 e. The van der Waals surface area contributed by atoms with Gasteiger partial charge in [0, 0.05) is 32.6 Å². The Hall–Kier alpha value is -2.32. The highest BCUT2D eigenvalue weighted by atomic mass is 32.2. The average Bonchev–Trinajstić information content (AvgIpc) is 2.81. The maximum Gasteiger partial charge on any atom is 0.371 e. The highest BCUT2D eigenvalue weighted by Gasteiger charge is 2.36. The van der Waals surface area contributed by atoms with E-state index >= 15 is 0 Å². The van der Waals surface area contributed by atoms with Crippen LogP contribution in [-0.4, -0.2) is 89.5 Å². The van der Waals surface area contributed by atoms with E-state index in [-0.39, 0.29) is 18.8 Å². The van der Waals surface area contributed by atoms with E-state index in [1.54, 1.807) is 0 Å². The third-order valence-corrected chi connectivity index (χ3v) is 7.10. The molecule has 0 saturated carbocycles. The number of carbonyl (C=O) groups excluding carboxylic acids is 6. The molecule has 14 heteroatoms. The van der Waals surface area contributed by atoms with Gasteiger partial charge in [0.15, 0.2) is 0 Å². The fourth-order valence-corrected chi connectivity index (χ4v) is 4.53. The lowest BCUT2D eigenvalue weighted by atomic mass is 9.97. The number of thioether (sulfide) groups is 2. The molecule has 0 aliphatic carbocycles. The molecular formula is C23H35NO11S2. The van der Waals surface area contributed by atoms with E-state index in [0.29, 0.717) is 30.1 Å². The van der Waals surface area contributed by atoms with Crippen molar-refractivity contribution in [3.05, 3.63) is 0 Å². The standard InChI is InChI=1S/C23H35NO11S2/c1-16(25)32-14-34-21(29)36-13-18(20(28)31-11-10-24-8-6-5-7-9-24)12-19(27)23(3,4)37-22(30)35-15-33-17(2)26/h18H,5-15H2,1-4H3/t18-/m0/s1. The molecule has 0 aromatic rings. The summed E-state index contributed by atoms with van der Waals surface area (Å²) in [5.41, 5.74) is 0. The largest absolute Gasteiger partial charge is 0.464 e. The van der Waals surface area contributed by atoms with E-state index in [0.717, 1.165) is 39.8 Å². The predicted molar refractivity (Wildman–Crippen MR) is 135 cm³/mol. The fourth-order valence-electron chi connectivity index (χ4n) is 3.08. The molecule has 0 spiro atoms. The van der Waals surface area contributed by atoms with E-state index in [4.69, 9.17) is 14.2 Å². The number of esters is 3. The Kier molecular flexibility index (Phi) is 15.2. The van der Waals surface area contributed by atoms with Crippen LogP contribution in [0.4, 0.5) is 9.59 Å². The Morgan fingerprint density at radius 1 is 0.811 bits per heavy atom. The summed E-state index contributed by atoms with van der Waals surface area (Å²) in [7, 11) is 0. The molecule has 1 fully saturated rings. The molecule has 0 amide bonds. The Balaban J connectivity index is 2.70. The molecule has 1 rings (SSSR count). The number of Topliss-reactive ketones (excluding diaryl/α,β-unsaturated/α-hetero) is 1. The van der Waals surface area contributed by atoms with Crippen LogP contribution in [0.5, 0.6) is 0 Å². The Labute approximate surface area is 224 Å². The van der Waals surface area contributed by atoms with Gasteiger partial charge in [0.05, 0.1) is 10.7 Å². The lowest BCUT2D eigenvalue weighted by Gasteiger charge is -2.26. The van der Waals surface area contributed by atoms with E-state index < -0.39 is 58.5 Å². The summed E-state index contributed by atoms with van der Waals surface area (Å²) in [4.78, 5) is 73.6. The van der Waals surface area contributed by atoms with Gasteiger partial charge in [0.1, 0.15) is 12.4 Å². The van der Waals surface area contributed by atoms with Crippen LogP contribution < -0.4 is 0 Å². The molecule has 1 atom stereocenters. The number of rotatable bonds is 14. The van der Waals surface area contributed by atoms with Gasteiger partial charge in [-0.15, -0.1) is 0 Å². The molecule has 210 valence electrons. The topological polar surface area (TPSA) is 152 Å². The van der Waals surface area contributed by atoms with Crippen molar-refractivity contribution in [1.29, 1.82) is 0 Å². The third-order valence-electron chi connectivity index (χ3n) is 5.16. The molecule has 12 nitrogen and oxygen atoms in total. The van der Waals surface area contributed by atoms with E-state index in [1.165, 1.54) is 20.3 Å². The normalized spacial score (nSPS) is 14.7. The summed E-state index contributed by atoms with van der Waals surface area (Å²) in [5.74, 6) is -3.46. The summed E-state index contributed by atoms with van der Waals surface area (Å²) < 4.78 is 22.7. The molecule has 37 heavy (non-hydrogen) atoms. The number of likely N-dealkylation sites (tertiary alicyclic amines) is 1. The predicted octanol–water partition coefficient (Wildman–Crippen LogP) is 3.15. The second-order valence-corrected chi connectivity index (χ2v) is 11.1. The molecule has 1 aliphatic heterocycles. The SMILES string of the molecule is CC(=O)OCOC(=O)SC[C@H](CC(=O)C(C)(C)SC(=O)OCOC(C)=O)C(=O)OCCN1CCCCC1. The highest BCUT2D eigenvalue weighted by molar-refractivity contribution is 8.15. The van der Waals surface area contributed by atoms with E-state index in [9.17, 15) is 28.8 Å². The van der Waals surface area contributed by atoms with Crippen LogP contribution in [0.15, 0.2) is 0 Å². The number of nitrogens with zero attached hydrogens (tertiary/aromatic N) is 1. The van der Waals surface area contributed by atoms with Crippen LogP contribution in [0.1, 0.15) is 53.4 Å². The highest BCUT2D eigenvalue weighted by Crippen LogP contribution is 2.31. The van der Waals surface area contributed by atoms with Crippen LogP contribution >= 0.6 is 23.5 Å². The quantitative estimate of drug-likeness (QED) is 0.172. The molecule has 0 aromatic heterocycles. The molecule has 0 bridgehead atoms. The van der Waals surface area contributed by atoms with Gasteiger partial charge in [0.2, 0.25) is 13.6 Å². The maximum absolute atomic E-state index is 13.0. The molecule has 0 aromatic carbocycles. The van der Waals surface area contributed by atoms with Crippen molar-refractivity contribution >= 4 is 57.8 Å². The van der Waals surface area contributed by atoms with Crippen molar-refractivity contribution < 1.29 is 52.5 Å². The monoisotopic (exact) mass is 565 g/mol. The summed E-state index contributed by atoms with van der Waals surface area (Å²) in [6.07, 6.45) is 3.06. The zero-order valence-electron chi connectivity index (χ0n) is 21.6. The van der Waals surface area contributed by atoms with E-state index in [1.807, 2.05) is 0 Å². The first kappa shape index (κ1) is 32.7. The Morgan fingerprint density at radius 2 is 1.38 bits per heavy atom. The summed E-state index contributed by atoms with van der Waals surface area (Å²) in [6.45, 7) is 6.74. The van der Waals surface area contributed by atoms with Crippen molar-refractivity contribution in [2.24, 2.45) is 5.92 Å². The lowest BCUT2D eigenvalue weighted by molar-refractivity contribution is -0.150. The van der Waals surface area contributed by atoms with Gasteiger partial charge in [-0.25, -0.2) is 9.59 Å². The molecule has 1 saturated heterocycles. The van der Waals surface area contributed by atoms with Crippen LogP contribution in [0.25, 0.3) is 0 Å². The van der Waals surface area contributed by atoms with Crippen molar-refractivity contribution in [1.82, 2.24) is 4.90 Å². The third kappa shape index (κ3) is 14.9. The van der Waals surface area contributed by atoms with Gasteiger partial charge in [-0.3, -0.25) is 24.1 Å².